The van der Waals surface area contributed by atoms with Gasteiger partial charge in [0.1, 0.15) is 34.5 Å². The van der Waals surface area contributed by atoms with Gasteiger partial charge in [-0.25, -0.2) is 4.57 Å². The summed E-state index contributed by atoms with van der Waals surface area (Å²) in [6.07, 6.45) is 3.35. The van der Waals surface area contributed by atoms with E-state index in [1.54, 1.807) is 77.0 Å². The van der Waals surface area contributed by atoms with Gasteiger partial charge in [-0.1, -0.05) is 47.8 Å². The predicted octanol–water partition coefficient (Wildman–Crippen LogP) is 4.85. The number of ether oxygens (including phenoxy) is 4. The SMILES string of the molecule is COc1ccc2c(c1)Sc1c(OC)cccc1C(OP(=O)([O-])OC1=Cc3ccc(OC)cc3Sc3c(OC)cccc31)=C2.[Na+]. The minimum Gasteiger partial charge on any atom is -0.736 e. The maximum absolute atomic E-state index is 13.7. The average molecular weight is 657 g/mol. The summed E-state index contributed by atoms with van der Waals surface area (Å²) in [6.45, 7) is 0. The summed E-state index contributed by atoms with van der Waals surface area (Å²) < 4.78 is 47.4. The number of hydrogen-bond donors (Lipinski definition) is 0. The van der Waals surface area contributed by atoms with Crippen molar-refractivity contribution in [3.8, 4) is 23.0 Å². The van der Waals surface area contributed by atoms with Crippen LogP contribution in [0.3, 0.4) is 0 Å². The summed E-state index contributed by atoms with van der Waals surface area (Å²) >= 11 is 2.87. The van der Waals surface area contributed by atoms with Crippen molar-refractivity contribution in [2.45, 2.75) is 19.6 Å². The first-order valence-corrected chi connectivity index (χ1v) is 16.1. The van der Waals surface area contributed by atoms with Crippen LogP contribution >= 0.6 is 31.3 Å². The molecule has 4 aromatic carbocycles. The van der Waals surface area contributed by atoms with Crippen molar-refractivity contribution in [2.75, 3.05) is 28.4 Å². The third-order valence-electron chi connectivity index (χ3n) is 6.79. The molecule has 8 nitrogen and oxygen atoms in total. The molecule has 220 valence electrons. The van der Waals surface area contributed by atoms with E-state index >= 15 is 0 Å². The van der Waals surface area contributed by atoms with Gasteiger partial charge in [0.2, 0.25) is 0 Å². The molecular weight excluding hydrogens is 630 g/mol. The smallest absolute Gasteiger partial charge is 0.736 e. The van der Waals surface area contributed by atoms with E-state index in [2.05, 4.69) is 0 Å². The molecule has 0 aromatic heterocycles. The summed E-state index contributed by atoms with van der Waals surface area (Å²) in [5.41, 5.74) is 2.59. The molecule has 4 aromatic rings. The molecule has 0 unspecified atom stereocenters. The van der Waals surface area contributed by atoms with Crippen LogP contribution in [0.1, 0.15) is 22.3 Å². The van der Waals surface area contributed by atoms with Gasteiger partial charge in [0, 0.05) is 20.9 Å². The van der Waals surface area contributed by atoms with E-state index in [4.69, 9.17) is 28.0 Å². The van der Waals surface area contributed by atoms with Gasteiger partial charge in [0.25, 0.3) is 0 Å². The topological polar surface area (TPSA) is 95.5 Å². The number of hydrogen-bond acceptors (Lipinski definition) is 10. The van der Waals surface area contributed by atoms with Gasteiger partial charge in [-0.2, -0.15) is 0 Å². The minimum atomic E-state index is -5.02. The molecule has 2 heterocycles. The molecule has 0 aliphatic carbocycles. The number of rotatable bonds is 8. The molecule has 0 spiro atoms. The summed E-state index contributed by atoms with van der Waals surface area (Å²) in [4.78, 5) is 16.8. The van der Waals surface area contributed by atoms with E-state index in [9.17, 15) is 9.46 Å². The van der Waals surface area contributed by atoms with Crippen LogP contribution in [0, 0.1) is 0 Å². The summed E-state index contributed by atoms with van der Waals surface area (Å²) in [5, 5.41) is 0. The number of phosphoric acid groups is 1. The second kappa shape index (κ2) is 13.6. The predicted molar refractivity (Wildman–Crippen MR) is 166 cm³/mol. The molecule has 0 radical (unpaired) electrons. The fraction of sp³-hybridized carbons (Fsp3) is 0.125. The van der Waals surface area contributed by atoms with Crippen LogP contribution in [0.4, 0.5) is 0 Å². The molecule has 0 atom stereocenters. The molecule has 0 amide bonds. The monoisotopic (exact) mass is 656 g/mol. The molecule has 2 aliphatic heterocycles. The molecule has 0 saturated carbocycles. The van der Waals surface area contributed by atoms with E-state index in [-0.39, 0.29) is 41.1 Å². The number of fused-ring (bicyclic) bond motifs is 4. The van der Waals surface area contributed by atoms with Gasteiger partial charge in [0.15, 0.2) is 0 Å². The second-order valence-corrected chi connectivity index (χ2v) is 12.7. The van der Waals surface area contributed by atoms with Crippen LogP contribution in [0.5, 0.6) is 23.0 Å². The fourth-order valence-corrected chi connectivity index (χ4v) is 7.88. The van der Waals surface area contributed by atoms with Crippen molar-refractivity contribution >= 4 is 55.0 Å². The molecule has 0 bridgehead atoms. The first-order chi connectivity index (χ1) is 20.8. The van der Waals surface area contributed by atoms with E-state index in [0.717, 1.165) is 20.9 Å². The van der Waals surface area contributed by atoms with Gasteiger partial charge in [-0.05, 0) is 71.8 Å². The maximum atomic E-state index is 13.7. The summed E-state index contributed by atoms with van der Waals surface area (Å²) in [6, 6.07) is 21.8. The number of phosphoric ester groups is 1. The average Bonchev–Trinajstić information content (AvgIpc) is 3.26. The molecule has 44 heavy (non-hydrogen) atoms. The van der Waals surface area contributed by atoms with Crippen molar-refractivity contribution < 1.29 is 67.0 Å². The Hall–Kier alpha value is -2.95. The van der Waals surface area contributed by atoms with Crippen molar-refractivity contribution in [1.29, 1.82) is 0 Å². The van der Waals surface area contributed by atoms with Crippen molar-refractivity contribution in [2.24, 2.45) is 0 Å². The molecule has 0 saturated heterocycles. The first kappa shape index (κ1) is 32.4. The van der Waals surface area contributed by atoms with Crippen LogP contribution in [0.25, 0.3) is 23.7 Å². The molecule has 2 aliphatic rings. The van der Waals surface area contributed by atoms with E-state index < -0.39 is 7.82 Å². The normalized spacial score (nSPS) is 13.1. The van der Waals surface area contributed by atoms with Gasteiger partial charge in [0.05, 0.1) is 38.2 Å². The molecular formula is C32H26NaO8PS2. The van der Waals surface area contributed by atoms with Crippen LogP contribution in [0.15, 0.2) is 92.4 Å². The van der Waals surface area contributed by atoms with Crippen LogP contribution in [-0.4, -0.2) is 28.4 Å². The Labute approximate surface area is 286 Å². The number of methoxy groups -OCH3 is 4. The summed E-state index contributed by atoms with van der Waals surface area (Å²) in [7, 11) is 1.30. The molecule has 0 fully saturated rings. The maximum Gasteiger partial charge on any atom is 1.00 e. The largest absolute Gasteiger partial charge is 1.00 e. The Bertz CT molecular complexity index is 1710. The van der Waals surface area contributed by atoms with Gasteiger partial charge in [-0.3, -0.25) is 0 Å². The molecule has 6 rings (SSSR count). The Morgan fingerprint density at radius 2 is 1.05 bits per heavy atom. The van der Waals surface area contributed by atoms with E-state index in [1.165, 1.54) is 23.5 Å². The van der Waals surface area contributed by atoms with Crippen molar-refractivity contribution in [3.63, 3.8) is 0 Å². The van der Waals surface area contributed by atoms with Crippen LogP contribution in [-0.2, 0) is 13.6 Å². The van der Waals surface area contributed by atoms with Gasteiger partial charge in [-0.15, -0.1) is 0 Å². The Morgan fingerprint density at radius 3 is 1.43 bits per heavy atom. The Kier molecular flexibility index (Phi) is 10.0. The quantitative estimate of drug-likeness (QED) is 0.194. The van der Waals surface area contributed by atoms with Crippen LogP contribution in [0.2, 0.25) is 0 Å². The van der Waals surface area contributed by atoms with Gasteiger partial charge < -0.3 is 32.9 Å². The van der Waals surface area contributed by atoms with Crippen LogP contribution < -0.4 is 53.4 Å². The Balaban J connectivity index is 0.00000384. The fourth-order valence-electron chi connectivity index (χ4n) is 4.72. The zero-order chi connectivity index (χ0) is 30.1. The Morgan fingerprint density at radius 1 is 0.614 bits per heavy atom. The standard InChI is InChI=1S/C32H27O8PS2.Na/c1-35-21-13-11-19-15-27(23-7-5-9-25(37-3)31(23)42-29(19)17-21)39-41(33,34)40-28-16-20-12-14-22(36-2)18-30(20)43-32-24(28)8-6-10-26(32)38-4;/h5-18H,1-4H3,(H,33,34);/q;+1/p-1. The van der Waals surface area contributed by atoms with Gasteiger partial charge >= 0.3 is 37.4 Å². The minimum absolute atomic E-state index is 0. The van der Waals surface area contributed by atoms with E-state index in [1.807, 2.05) is 36.4 Å². The zero-order valence-electron chi connectivity index (χ0n) is 24.6. The van der Waals surface area contributed by atoms with E-state index in [0.29, 0.717) is 43.9 Å². The zero-order valence-corrected chi connectivity index (χ0v) is 29.1. The van der Waals surface area contributed by atoms with Crippen molar-refractivity contribution in [3.05, 3.63) is 95.1 Å². The summed E-state index contributed by atoms with van der Waals surface area (Å²) in [5.74, 6) is 2.69. The first-order valence-electron chi connectivity index (χ1n) is 13.0. The third-order valence-corrected chi connectivity index (χ3v) is 10.0. The second-order valence-electron chi connectivity index (χ2n) is 9.33. The molecule has 0 N–H and O–H groups in total. The van der Waals surface area contributed by atoms with Crippen molar-refractivity contribution in [1.82, 2.24) is 0 Å². The third kappa shape index (κ3) is 6.53. The number of benzene rings is 4. The molecule has 12 heteroatoms.